The molecule has 0 aliphatic rings. The zero-order valence-electron chi connectivity index (χ0n) is 24.5. The Morgan fingerprint density at radius 2 is 1.22 bits per heavy atom. The van der Waals surface area contributed by atoms with Crippen molar-refractivity contribution >= 4 is 6.16 Å². The van der Waals surface area contributed by atoms with E-state index in [4.69, 9.17) is 14.6 Å². The Morgan fingerprint density at radius 3 is 1.67 bits per heavy atom. The van der Waals surface area contributed by atoms with Crippen LogP contribution in [0.3, 0.4) is 0 Å². The van der Waals surface area contributed by atoms with Crippen molar-refractivity contribution in [2.45, 2.75) is 143 Å². The highest BCUT2D eigenvalue weighted by Gasteiger charge is 2.23. The monoisotopic (exact) mass is 506 g/mol. The summed E-state index contributed by atoms with van der Waals surface area (Å²) in [4.78, 5) is 11.4. The van der Waals surface area contributed by atoms with Crippen LogP contribution in [-0.4, -0.2) is 23.5 Å². The molecule has 0 spiro atoms. The highest BCUT2D eigenvalue weighted by Crippen LogP contribution is 2.17. The summed E-state index contributed by atoms with van der Waals surface area (Å²) >= 11 is 0. The third-order valence-electron chi connectivity index (χ3n) is 5.63. The van der Waals surface area contributed by atoms with Gasteiger partial charge in [-0.2, -0.15) is 0 Å². The normalized spacial score (nSPS) is 10.8. The van der Waals surface area contributed by atoms with Gasteiger partial charge in [0.2, 0.25) is 0 Å². The van der Waals surface area contributed by atoms with Crippen LogP contribution in [0.15, 0.2) is 42.5 Å². The van der Waals surface area contributed by atoms with E-state index in [1.807, 2.05) is 19.9 Å². The van der Waals surface area contributed by atoms with E-state index in [2.05, 4.69) is 26.0 Å². The van der Waals surface area contributed by atoms with Crippen LogP contribution in [0.25, 0.3) is 0 Å². The van der Waals surface area contributed by atoms with Crippen molar-refractivity contribution in [1.82, 2.24) is 0 Å². The van der Waals surface area contributed by atoms with Crippen LogP contribution in [-0.2, 0) is 4.74 Å². The lowest BCUT2D eigenvalue weighted by atomic mass is 10.1. The van der Waals surface area contributed by atoms with E-state index in [1.165, 1.54) is 89.9 Å². The van der Waals surface area contributed by atoms with E-state index < -0.39 is 11.8 Å². The average Bonchev–Trinajstić information content (AvgIpc) is 2.86. The molecule has 4 heteroatoms. The number of hydrogen-bond donors (Lipinski definition) is 1. The number of ether oxygens (including phenoxy) is 2. The van der Waals surface area contributed by atoms with Crippen LogP contribution < -0.4 is 4.74 Å². The molecule has 1 aromatic carbocycles. The number of benzene rings is 1. The number of unbranched alkanes of at least 4 members (excludes halogenated alkanes) is 12. The van der Waals surface area contributed by atoms with E-state index >= 15 is 0 Å². The molecule has 210 valence electrons. The SMILES string of the molecule is CC.CC(C)(CCO)OC(=O)Oc1ccccc1.CCCCCCCC/C=C\CCCCCCCC. The summed E-state index contributed by atoms with van der Waals surface area (Å²) < 4.78 is 10.0. The average molecular weight is 507 g/mol. The van der Waals surface area contributed by atoms with Gasteiger partial charge < -0.3 is 14.6 Å². The van der Waals surface area contributed by atoms with Crippen molar-refractivity contribution in [2.75, 3.05) is 6.61 Å². The summed E-state index contributed by atoms with van der Waals surface area (Å²) in [5, 5.41) is 8.77. The van der Waals surface area contributed by atoms with E-state index in [0.717, 1.165) is 0 Å². The standard InChI is InChI=1S/C18H36.C12H16O4.C2H6/c1-3-5-7-9-11-13-15-17-18-16-14-12-10-8-6-4-2;1-12(2,8-9-13)16-11(14)15-10-6-4-3-5-7-10;1-2/h17-18H,3-16H2,1-2H3;3-7,13H,8-9H2,1-2H3;1-2H3/b18-17-;;. The van der Waals surface area contributed by atoms with Crippen LogP contribution in [0.1, 0.15) is 138 Å². The van der Waals surface area contributed by atoms with Crippen molar-refractivity contribution in [3.63, 3.8) is 0 Å². The fourth-order valence-corrected chi connectivity index (χ4v) is 3.47. The van der Waals surface area contributed by atoms with Crippen LogP contribution in [0.5, 0.6) is 5.75 Å². The maximum atomic E-state index is 11.4. The molecule has 0 aromatic heterocycles. The second-order valence-electron chi connectivity index (χ2n) is 9.58. The van der Waals surface area contributed by atoms with E-state index in [9.17, 15) is 4.79 Å². The van der Waals surface area contributed by atoms with Crippen LogP contribution >= 0.6 is 0 Å². The van der Waals surface area contributed by atoms with Gasteiger partial charge in [-0.15, -0.1) is 0 Å². The Labute approximate surface area is 223 Å². The molecule has 1 N–H and O–H groups in total. The van der Waals surface area contributed by atoms with Crippen molar-refractivity contribution in [1.29, 1.82) is 0 Å². The molecule has 4 nitrogen and oxygen atoms in total. The fourth-order valence-electron chi connectivity index (χ4n) is 3.47. The Kier molecular flexibility index (Phi) is 28.0. The number of aliphatic hydroxyl groups excluding tert-OH is 1. The Balaban J connectivity index is 0. The summed E-state index contributed by atoms with van der Waals surface area (Å²) in [6, 6.07) is 8.69. The maximum Gasteiger partial charge on any atom is 0.514 e. The highest BCUT2D eigenvalue weighted by molar-refractivity contribution is 5.64. The zero-order chi connectivity index (χ0) is 27.3. The van der Waals surface area contributed by atoms with Gasteiger partial charge >= 0.3 is 6.16 Å². The fraction of sp³-hybridized carbons (Fsp3) is 0.719. The number of carbonyl (C=O) groups is 1. The molecule has 0 bridgehead atoms. The topological polar surface area (TPSA) is 55.8 Å². The molecule has 0 aliphatic heterocycles. The minimum absolute atomic E-state index is 0.0361. The summed E-state index contributed by atoms with van der Waals surface area (Å²) in [6.45, 7) is 12.0. The maximum absolute atomic E-state index is 11.4. The Bertz CT molecular complexity index is 577. The number of hydrogen-bond acceptors (Lipinski definition) is 4. The third kappa shape index (κ3) is 26.8. The van der Waals surface area contributed by atoms with Crippen LogP contribution in [0.4, 0.5) is 4.79 Å². The Hall–Kier alpha value is -1.81. The number of carbonyl (C=O) groups excluding carboxylic acids is 1. The predicted molar refractivity (Wildman–Crippen MR) is 156 cm³/mol. The van der Waals surface area contributed by atoms with Crippen molar-refractivity contribution in [2.24, 2.45) is 0 Å². The molecule has 0 radical (unpaired) electrons. The second-order valence-corrected chi connectivity index (χ2v) is 9.58. The number of allylic oxidation sites excluding steroid dienone is 2. The molecular weight excluding hydrogens is 448 g/mol. The lowest BCUT2D eigenvalue weighted by Crippen LogP contribution is -2.30. The molecule has 36 heavy (non-hydrogen) atoms. The molecule has 1 rings (SSSR count). The van der Waals surface area contributed by atoms with Crippen molar-refractivity contribution in [3.05, 3.63) is 42.5 Å². The molecule has 1 aromatic rings. The minimum Gasteiger partial charge on any atom is -0.428 e. The largest absolute Gasteiger partial charge is 0.514 e. The van der Waals surface area contributed by atoms with Crippen LogP contribution in [0.2, 0.25) is 0 Å². The quantitative estimate of drug-likeness (QED) is 0.0931. The first-order valence-electron chi connectivity index (χ1n) is 14.7. The summed E-state index contributed by atoms with van der Waals surface area (Å²) in [6.07, 6.45) is 24.0. The number of aliphatic hydroxyl groups is 1. The first-order valence-corrected chi connectivity index (χ1v) is 14.7. The molecule has 0 saturated carbocycles. The van der Waals surface area contributed by atoms with E-state index in [0.29, 0.717) is 12.2 Å². The van der Waals surface area contributed by atoms with Gasteiger partial charge in [0.05, 0.1) is 0 Å². The zero-order valence-corrected chi connectivity index (χ0v) is 24.5. The van der Waals surface area contributed by atoms with Gasteiger partial charge in [0.25, 0.3) is 0 Å². The van der Waals surface area contributed by atoms with E-state index in [1.54, 1.807) is 38.1 Å². The van der Waals surface area contributed by atoms with Crippen molar-refractivity contribution in [3.8, 4) is 5.75 Å². The van der Waals surface area contributed by atoms with Gasteiger partial charge in [0, 0.05) is 13.0 Å². The lowest BCUT2D eigenvalue weighted by Gasteiger charge is -2.23. The van der Waals surface area contributed by atoms with Crippen molar-refractivity contribution < 1.29 is 19.4 Å². The first kappa shape index (κ1) is 36.3. The summed E-state index contributed by atoms with van der Waals surface area (Å²) in [5.74, 6) is 0.437. The summed E-state index contributed by atoms with van der Waals surface area (Å²) in [7, 11) is 0. The van der Waals surface area contributed by atoms with Gasteiger partial charge in [-0.25, -0.2) is 4.79 Å². The molecule has 0 fully saturated rings. The van der Waals surface area contributed by atoms with Crippen LogP contribution in [0, 0.1) is 0 Å². The molecule has 0 atom stereocenters. The first-order chi connectivity index (χ1) is 17.4. The van der Waals surface area contributed by atoms with Gasteiger partial charge in [0.15, 0.2) is 0 Å². The molecule has 0 amide bonds. The number of rotatable bonds is 18. The molecule has 0 unspecified atom stereocenters. The number of para-hydroxylation sites is 1. The van der Waals surface area contributed by atoms with E-state index in [-0.39, 0.29) is 6.61 Å². The van der Waals surface area contributed by atoms with Gasteiger partial charge in [0.1, 0.15) is 11.4 Å². The third-order valence-corrected chi connectivity index (χ3v) is 5.63. The molecule has 0 heterocycles. The smallest absolute Gasteiger partial charge is 0.428 e. The second kappa shape index (κ2) is 27.8. The summed E-state index contributed by atoms with van der Waals surface area (Å²) in [5.41, 5.74) is -0.722. The molecule has 0 saturated heterocycles. The van der Waals surface area contributed by atoms with Gasteiger partial charge in [-0.1, -0.05) is 122 Å². The van der Waals surface area contributed by atoms with Gasteiger partial charge in [-0.3, -0.25) is 0 Å². The lowest BCUT2D eigenvalue weighted by molar-refractivity contribution is -0.00437. The Morgan fingerprint density at radius 1 is 0.778 bits per heavy atom. The predicted octanol–water partition coefficient (Wildman–Crippen LogP) is 10.4. The highest BCUT2D eigenvalue weighted by atomic mass is 16.7. The molecular formula is C32H58O4. The van der Waals surface area contributed by atoms with Gasteiger partial charge in [-0.05, 0) is 51.7 Å². The molecule has 0 aliphatic carbocycles. The minimum atomic E-state index is -0.760.